The third-order valence-corrected chi connectivity index (χ3v) is 6.07. The van der Waals surface area contributed by atoms with Gasteiger partial charge in [-0.2, -0.15) is 0 Å². The first kappa shape index (κ1) is 12.8. The van der Waals surface area contributed by atoms with Gasteiger partial charge in [-0.15, -0.1) is 4.52 Å². The molecule has 0 aromatic heterocycles. The molecule has 0 saturated heterocycles. The van der Waals surface area contributed by atoms with Crippen molar-refractivity contribution in [3.8, 4) is 5.75 Å². The summed E-state index contributed by atoms with van der Waals surface area (Å²) in [5.74, 6) is 3.00. The molecule has 4 saturated carbocycles. The lowest BCUT2D eigenvalue weighted by Crippen LogP contribution is -2.51. The fraction of sp³-hybridized carbons (Fsp3) is 0.625. The predicted octanol–water partition coefficient (Wildman–Crippen LogP) is 4.71. The third-order valence-electron chi connectivity index (χ3n) is 5.17. The van der Waals surface area contributed by atoms with E-state index in [1.807, 2.05) is 30.3 Å². The monoisotopic (exact) mass is 291 g/mol. The van der Waals surface area contributed by atoms with Crippen LogP contribution < -0.4 is 4.52 Å². The number of rotatable bonds is 4. The summed E-state index contributed by atoms with van der Waals surface area (Å²) >= 11 is 0. The van der Waals surface area contributed by atoms with Crippen LogP contribution in [-0.4, -0.2) is 5.60 Å². The van der Waals surface area contributed by atoms with Gasteiger partial charge in [-0.05, 0) is 68.4 Å². The van der Waals surface area contributed by atoms with E-state index >= 15 is 0 Å². The minimum atomic E-state index is -2.07. The van der Waals surface area contributed by atoms with Crippen molar-refractivity contribution in [3.63, 3.8) is 0 Å². The first-order valence-electron chi connectivity index (χ1n) is 7.60. The van der Waals surface area contributed by atoms with Crippen LogP contribution in [-0.2, 0) is 9.09 Å². The van der Waals surface area contributed by atoms with Gasteiger partial charge in [0.05, 0.1) is 0 Å². The maximum Gasteiger partial charge on any atom is 0.750 e. The first-order chi connectivity index (χ1) is 9.71. The van der Waals surface area contributed by atoms with E-state index < -0.39 is 8.25 Å². The Labute approximate surface area is 120 Å². The highest BCUT2D eigenvalue weighted by atomic mass is 31.1. The molecule has 1 aromatic rings. The largest absolute Gasteiger partial charge is 0.750 e. The molecule has 4 fully saturated rings. The Morgan fingerprint density at radius 1 is 0.950 bits per heavy atom. The molecule has 20 heavy (non-hydrogen) atoms. The molecule has 1 aromatic carbocycles. The summed E-state index contributed by atoms with van der Waals surface area (Å²) in [4.78, 5) is 0. The Morgan fingerprint density at radius 3 is 2.05 bits per heavy atom. The van der Waals surface area contributed by atoms with Crippen molar-refractivity contribution in [1.29, 1.82) is 0 Å². The zero-order valence-corrected chi connectivity index (χ0v) is 12.4. The van der Waals surface area contributed by atoms with Crippen LogP contribution in [0.1, 0.15) is 38.5 Å². The number of benzene rings is 1. The molecule has 0 amide bonds. The van der Waals surface area contributed by atoms with E-state index in [2.05, 4.69) is 0 Å². The topological polar surface area (TPSA) is 35.5 Å². The molecule has 4 bridgehead atoms. The van der Waals surface area contributed by atoms with Crippen molar-refractivity contribution in [3.05, 3.63) is 30.3 Å². The predicted molar refractivity (Wildman–Crippen MR) is 76.7 cm³/mol. The van der Waals surface area contributed by atoms with Crippen molar-refractivity contribution in [2.45, 2.75) is 44.1 Å². The van der Waals surface area contributed by atoms with Gasteiger partial charge in [0.15, 0.2) is 5.75 Å². The van der Waals surface area contributed by atoms with Gasteiger partial charge in [-0.25, -0.2) is 4.52 Å². The van der Waals surface area contributed by atoms with E-state index in [-0.39, 0.29) is 5.60 Å². The fourth-order valence-corrected chi connectivity index (χ4v) is 5.76. The summed E-state index contributed by atoms with van der Waals surface area (Å²) in [6.45, 7) is 0. The van der Waals surface area contributed by atoms with Crippen molar-refractivity contribution >= 4 is 8.25 Å². The quantitative estimate of drug-likeness (QED) is 0.754. The molecule has 0 spiro atoms. The van der Waals surface area contributed by atoms with Crippen LogP contribution in [0.3, 0.4) is 0 Å². The summed E-state index contributed by atoms with van der Waals surface area (Å²) in [6, 6.07) is 9.30. The second kappa shape index (κ2) is 4.82. The normalized spacial score (nSPS) is 38.8. The van der Waals surface area contributed by atoms with E-state index in [9.17, 15) is 4.57 Å². The van der Waals surface area contributed by atoms with E-state index in [0.29, 0.717) is 5.75 Å². The van der Waals surface area contributed by atoms with E-state index in [1.165, 1.54) is 19.3 Å². The Hall–Kier alpha value is -0.920. The molecule has 1 atom stereocenters. The summed E-state index contributed by atoms with van der Waals surface area (Å²) in [5, 5.41) is 0. The molecule has 3 nitrogen and oxygen atoms in total. The molecule has 106 valence electrons. The Kier molecular flexibility index (Phi) is 3.08. The minimum Gasteiger partial charge on any atom is -0.229 e. The van der Waals surface area contributed by atoms with Crippen molar-refractivity contribution < 1.29 is 13.6 Å². The second-order valence-electron chi connectivity index (χ2n) is 6.82. The van der Waals surface area contributed by atoms with Gasteiger partial charge in [-0.3, -0.25) is 0 Å². The van der Waals surface area contributed by atoms with Gasteiger partial charge in [0, 0.05) is 4.57 Å². The zero-order valence-electron chi connectivity index (χ0n) is 11.5. The van der Waals surface area contributed by atoms with Crippen LogP contribution in [0, 0.1) is 17.8 Å². The second-order valence-corrected chi connectivity index (χ2v) is 7.63. The highest BCUT2D eigenvalue weighted by Gasteiger charge is 2.56. The maximum absolute atomic E-state index is 12.2. The Balaban J connectivity index is 1.45. The van der Waals surface area contributed by atoms with Crippen LogP contribution >= 0.6 is 8.25 Å². The van der Waals surface area contributed by atoms with Gasteiger partial charge < -0.3 is 0 Å². The van der Waals surface area contributed by atoms with Gasteiger partial charge in [-0.1, -0.05) is 18.2 Å². The van der Waals surface area contributed by atoms with Crippen LogP contribution in [0.25, 0.3) is 0 Å². The Morgan fingerprint density at radius 2 is 1.50 bits per heavy atom. The molecule has 5 rings (SSSR count). The maximum atomic E-state index is 12.2. The smallest absolute Gasteiger partial charge is 0.229 e. The molecule has 0 N–H and O–H groups in total. The van der Waals surface area contributed by atoms with Crippen LogP contribution in [0.5, 0.6) is 5.75 Å². The van der Waals surface area contributed by atoms with Crippen LogP contribution in [0.4, 0.5) is 0 Å². The van der Waals surface area contributed by atoms with Gasteiger partial charge in [0.1, 0.15) is 5.60 Å². The summed E-state index contributed by atoms with van der Waals surface area (Å²) in [5.41, 5.74) is -0.156. The lowest BCUT2D eigenvalue weighted by molar-refractivity contribution is -0.107. The lowest BCUT2D eigenvalue weighted by atomic mass is 9.54. The van der Waals surface area contributed by atoms with Gasteiger partial charge >= 0.3 is 8.25 Å². The fourth-order valence-electron chi connectivity index (χ4n) is 4.89. The molecular weight excluding hydrogens is 271 g/mol. The highest BCUT2D eigenvalue weighted by Crippen LogP contribution is 2.59. The molecule has 4 heteroatoms. The average Bonchev–Trinajstić information content (AvgIpc) is 2.37. The van der Waals surface area contributed by atoms with E-state index in [1.54, 1.807) is 0 Å². The molecule has 0 aliphatic heterocycles. The zero-order chi connectivity index (χ0) is 13.6. The Bertz CT molecular complexity index is 478. The van der Waals surface area contributed by atoms with Crippen molar-refractivity contribution in [2.75, 3.05) is 0 Å². The average molecular weight is 291 g/mol. The molecule has 1 unspecified atom stereocenters. The summed E-state index contributed by atoms with van der Waals surface area (Å²) in [7, 11) is -2.07. The van der Waals surface area contributed by atoms with Crippen LogP contribution in [0.15, 0.2) is 30.3 Å². The molecular formula is C16H20O3P+. The van der Waals surface area contributed by atoms with E-state index in [0.717, 1.165) is 37.0 Å². The summed E-state index contributed by atoms with van der Waals surface area (Å²) in [6.07, 6.45) is 7.32. The lowest BCUT2D eigenvalue weighted by Gasteiger charge is -2.53. The number of hydrogen-bond donors (Lipinski definition) is 0. The molecule has 0 radical (unpaired) electrons. The molecule has 4 aliphatic carbocycles. The minimum absolute atomic E-state index is 0.156. The molecule has 4 aliphatic rings. The van der Waals surface area contributed by atoms with Gasteiger partial charge in [0.2, 0.25) is 0 Å². The van der Waals surface area contributed by atoms with Crippen LogP contribution in [0.2, 0.25) is 0 Å². The van der Waals surface area contributed by atoms with Crippen molar-refractivity contribution in [1.82, 2.24) is 0 Å². The highest BCUT2D eigenvalue weighted by molar-refractivity contribution is 7.33. The van der Waals surface area contributed by atoms with Crippen molar-refractivity contribution in [2.24, 2.45) is 17.8 Å². The van der Waals surface area contributed by atoms with E-state index in [4.69, 9.17) is 9.05 Å². The standard InChI is InChI=1S/C16H20O3P/c17-20(18-15-4-2-1-3-5-15)19-16-9-12-6-13(10-16)8-14(7-12)11-16/h1-5,12-14H,6-11H2/q+1. The van der Waals surface area contributed by atoms with Gasteiger partial charge in [0.25, 0.3) is 0 Å². The number of para-hydroxylation sites is 1. The summed E-state index contributed by atoms with van der Waals surface area (Å²) < 4.78 is 23.6. The first-order valence-corrected chi connectivity index (χ1v) is 8.70. The molecule has 0 heterocycles. The third kappa shape index (κ3) is 2.38. The number of hydrogen-bond acceptors (Lipinski definition) is 3. The SMILES string of the molecule is O=[P+](Oc1ccccc1)OC12CC3CC(CC(C3)C1)C2.